The van der Waals surface area contributed by atoms with Gasteiger partial charge >= 0.3 is 0 Å². The van der Waals surface area contributed by atoms with Crippen molar-refractivity contribution in [3.8, 4) is 0 Å². The Hall–Kier alpha value is -1.05. The van der Waals surface area contributed by atoms with Crippen LogP contribution in [0.1, 0.15) is 0 Å². The van der Waals surface area contributed by atoms with Crippen molar-refractivity contribution in [2.75, 3.05) is 0 Å². The predicted octanol–water partition coefficient (Wildman–Crippen LogP) is 1.14. The third-order valence-electron chi connectivity index (χ3n) is 1.19. The molecule has 0 aliphatic carbocycles. The summed E-state index contributed by atoms with van der Waals surface area (Å²) < 4.78 is 0. The molecule has 0 N–H and O–H groups in total. The van der Waals surface area contributed by atoms with E-state index in [0.29, 0.717) is 5.69 Å². The summed E-state index contributed by atoms with van der Waals surface area (Å²) in [6.45, 7) is 1.45. The Kier molecular flexibility index (Phi) is 2.90. The number of hydrogen-bond donors (Lipinski definition) is 0. The molecule has 4 heteroatoms. The third-order valence-corrected chi connectivity index (χ3v) is 1.45. The van der Waals surface area contributed by atoms with Crippen LogP contribution in [0.5, 0.6) is 0 Å². The van der Waals surface area contributed by atoms with Gasteiger partial charge in [0.05, 0.1) is 5.69 Å². The number of hydrogen-bond acceptors (Lipinski definition) is 2. The maximum Gasteiger partial charge on any atom is 0.275 e. The zero-order chi connectivity index (χ0) is 8.10. The lowest BCUT2D eigenvalue weighted by molar-refractivity contribution is 0.565. The van der Waals surface area contributed by atoms with Crippen LogP contribution in [0.15, 0.2) is 29.3 Å². The number of benzene rings is 1. The van der Waals surface area contributed by atoms with Crippen LogP contribution in [0.3, 0.4) is 0 Å². The molecule has 0 heterocycles. The van der Waals surface area contributed by atoms with E-state index in [1.54, 1.807) is 24.3 Å². The lowest BCUT2D eigenvalue weighted by atomic mass is 9.95. The second-order valence-electron chi connectivity index (χ2n) is 1.90. The Morgan fingerprint density at radius 1 is 1.36 bits per heavy atom. The van der Waals surface area contributed by atoms with E-state index in [9.17, 15) is 4.79 Å². The van der Waals surface area contributed by atoms with Gasteiger partial charge in [0.25, 0.3) is 6.69 Å². The first-order valence-electron chi connectivity index (χ1n) is 2.98. The van der Waals surface area contributed by atoms with Crippen molar-refractivity contribution in [1.29, 1.82) is 0 Å². The van der Waals surface area contributed by atoms with Gasteiger partial charge in [-0.15, -0.1) is 0 Å². The maximum atomic E-state index is 9.80. The summed E-state index contributed by atoms with van der Waals surface area (Å²) in [6, 6.07) is 6.92. The second kappa shape index (κ2) is 3.96. The van der Waals surface area contributed by atoms with E-state index in [-0.39, 0.29) is 0 Å². The molecule has 0 saturated heterocycles. The number of carbonyl (C=O) groups excluding carboxylic acids is 1. The van der Waals surface area contributed by atoms with Crippen LogP contribution < -0.4 is 5.46 Å². The molecule has 0 aliphatic heterocycles. The molecule has 0 spiro atoms. The van der Waals surface area contributed by atoms with Gasteiger partial charge in [0.15, 0.2) is 0 Å². The quantitative estimate of drug-likeness (QED) is 0.366. The van der Waals surface area contributed by atoms with Gasteiger partial charge in [-0.25, -0.2) is 4.79 Å². The van der Waals surface area contributed by atoms with Gasteiger partial charge in [-0.2, -0.15) is 16.5 Å². The molecule has 0 unspecified atom stereocenters. The third kappa shape index (κ3) is 2.22. The molecule has 1 aromatic rings. The van der Waals surface area contributed by atoms with Crippen LogP contribution in [0.2, 0.25) is 0 Å². The van der Waals surface area contributed by atoms with Gasteiger partial charge in [-0.05, 0) is 12.1 Å². The summed E-state index contributed by atoms with van der Waals surface area (Å²) in [5.74, 6) is 0. The fraction of sp³-hybridized carbons (Fsp3) is 0. The Morgan fingerprint density at radius 3 is 2.45 bits per heavy atom. The van der Waals surface area contributed by atoms with Crippen molar-refractivity contribution >= 4 is 35.4 Å². The van der Waals surface area contributed by atoms with Crippen LogP contribution in [0.4, 0.5) is 5.69 Å². The summed E-state index contributed by atoms with van der Waals surface area (Å²) >= 11 is 5.42. The van der Waals surface area contributed by atoms with Crippen LogP contribution in [-0.4, -0.2) is 12.8 Å². The van der Waals surface area contributed by atoms with Crippen molar-refractivity contribution in [2.24, 2.45) is 4.99 Å². The highest BCUT2D eigenvalue weighted by Gasteiger charge is 1.91. The average Bonchev–Trinajstić information content (AvgIpc) is 2.07. The molecule has 0 saturated carbocycles. The number of isocyanates is 1. The molecule has 1 rings (SSSR count). The lowest BCUT2D eigenvalue weighted by Gasteiger charge is -1.92. The summed E-state index contributed by atoms with van der Waals surface area (Å²) in [6.07, 6.45) is 1.45. The van der Waals surface area contributed by atoms with Crippen molar-refractivity contribution < 1.29 is 4.79 Å². The summed E-state index contributed by atoms with van der Waals surface area (Å²) in [4.78, 5) is 13.2. The van der Waals surface area contributed by atoms with Crippen molar-refractivity contribution in [2.45, 2.75) is 0 Å². The largest absolute Gasteiger partial charge is 0.275 e. The van der Waals surface area contributed by atoms with Crippen molar-refractivity contribution in [1.82, 2.24) is 0 Å². The van der Waals surface area contributed by atoms with Crippen LogP contribution in [0.25, 0.3) is 0 Å². The van der Waals surface area contributed by atoms with E-state index in [1.165, 1.54) is 12.8 Å². The van der Waals surface area contributed by atoms with E-state index in [2.05, 4.69) is 4.99 Å². The Labute approximate surface area is 70.1 Å². The molecule has 0 aromatic heterocycles. The number of halogens is 1. The monoisotopic (exact) mass is 164 g/mol. The SMILES string of the molecule is O=C=Nc1ccc([B]Cl)cc1. The Bertz CT molecular complexity index is 279. The first-order valence-corrected chi connectivity index (χ1v) is 3.42. The summed E-state index contributed by atoms with van der Waals surface area (Å²) in [7, 11) is 0. The standard InChI is InChI=1S/C7H4BClNO/c9-8-6-1-3-7(4-2-6)10-5-11/h1-4H. The minimum Gasteiger partial charge on any atom is -0.211 e. The average molecular weight is 164 g/mol. The fourth-order valence-corrected chi connectivity index (χ4v) is 0.820. The molecule has 0 bridgehead atoms. The molecule has 0 atom stereocenters. The highest BCUT2D eigenvalue weighted by atomic mass is 35.5. The fourth-order valence-electron chi connectivity index (χ4n) is 0.674. The molecule has 0 aliphatic rings. The van der Waals surface area contributed by atoms with Crippen LogP contribution in [0, 0.1) is 0 Å². The number of rotatable bonds is 2. The van der Waals surface area contributed by atoms with Gasteiger partial charge in [0.1, 0.15) is 0 Å². The lowest BCUT2D eigenvalue weighted by Crippen LogP contribution is -2.05. The molecule has 1 radical (unpaired) electrons. The molecule has 11 heavy (non-hydrogen) atoms. The molecule has 0 fully saturated rings. The molecular formula is C7H4BClNO. The van der Waals surface area contributed by atoms with Crippen molar-refractivity contribution in [3.63, 3.8) is 0 Å². The molecular weight excluding hydrogens is 160 g/mol. The van der Waals surface area contributed by atoms with E-state index in [0.717, 1.165) is 5.46 Å². The second-order valence-corrected chi connectivity index (χ2v) is 2.12. The zero-order valence-electron chi connectivity index (χ0n) is 5.62. The van der Waals surface area contributed by atoms with Gasteiger partial charge in [0, 0.05) is 0 Å². The van der Waals surface area contributed by atoms with E-state index in [4.69, 9.17) is 11.5 Å². The zero-order valence-corrected chi connectivity index (χ0v) is 6.38. The molecule has 0 amide bonds. The molecule has 53 valence electrons. The first-order chi connectivity index (χ1) is 5.36. The van der Waals surface area contributed by atoms with E-state index in [1.807, 2.05) is 0 Å². The minimum atomic E-state index is 0.585. The minimum absolute atomic E-state index is 0.585. The predicted molar refractivity (Wildman–Crippen MR) is 45.5 cm³/mol. The molecule has 2 nitrogen and oxygen atoms in total. The van der Waals surface area contributed by atoms with Crippen molar-refractivity contribution in [3.05, 3.63) is 24.3 Å². The van der Waals surface area contributed by atoms with E-state index < -0.39 is 0 Å². The van der Waals surface area contributed by atoms with Gasteiger partial charge in [-0.3, -0.25) is 0 Å². The van der Waals surface area contributed by atoms with Gasteiger partial charge < -0.3 is 0 Å². The van der Waals surface area contributed by atoms with Gasteiger partial charge in [0.2, 0.25) is 6.08 Å². The Morgan fingerprint density at radius 2 is 2.00 bits per heavy atom. The van der Waals surface area contributed by atoms with Crippen LogP contribution in [-0.2, 0) is 4.79 Å². The summed E-state index contributed by atoms with van der Waals surface area (Å²) in [5.41, 5.74) is 1.47. The number of nitrogens with zero attached hydrogens (tertiary/aromatic N) is 1. The first kappa shape index (κ1) is 8.06. The molecule has 1 aromatic carbocycles. The number of aliphatic imine (C=N–C) groups is 1. The normalized spacial score (nSPS) is 8.45. The smallest absolute Gasteiger partial charge is 0.211 e. The maximum absolute atomic E-state index is 9.80. The topological polar surface area (TPSA) is 29.4 Å². The highest BCUT2D eigenvalue weighted by Crippen LogP contribution is 2.06. The van der Waals surface area contributed by atoms with Gasteiger partial charge in [-0.1, -0.05) is 17.6 Å². The summed E-state index contributed by atoms with van der Waals surface area (Å²) in [5, 5.41) is 0. The van der Waals surface area contributed by atoms with Crippen LogP contribution >= 0.6 is 11.5 Å². The van der Waals surface area contributed by atoms with E-state index >= 15 is 0 Å². The highest BCUT2D eigenvalue weighted by molar-refractivity contribution is 7.01. The Balaban J connectivity index is 2.91.